The van der Waals surface area contributed by atoms with Crippen LogP contribution in [0.1, 0.15) is 39.5 Å². The van der Waals surface area contributed by atoms with Gasteiger partial charge >= 0.3 is 11.9 Å². The van der Waals surface area contributed by atoms with E-state index < -0.39 is 11.9 Å². The number of allylic oxidation sites excluding steroid dienone is 2. The molecule has 6 heteroatoms. The Morgan fingerprint density at radius 1 is 1.00 bits per heavy atom. The lowest BCUT2D eigenvalue weighted by Crippen LogP contribution is -1.99. The molecule has 108 valence electrons. The van der Waals surface area contributed by atoms with Crippen LogP contribution in [0.5, 0.6) is 0 Å². The molecule has 0 spiro atoms. The van der Waals surface area contributed by atoms with Gasteiger partial charge in [-0.25, -0.2) is 9.59 Å². The summed E-state index contributed by atoms with van der Waals surface area (Å²) in [5.41, 5.74) is 0.354. The number of unbranched alkanes of at least 4 members (excludes halogenated alkanes) is 1. The van der Waals surface area contributed by atoms with Crippen LogP contribution in [0.4, 0.5) is 0 Å². The average Bonchev–Trinajstić information content (AvgIpc) is 2.40. The number of aliphatic carboxylic acids is 2. The van der Waals surface area contributed by atoms with Gasteiger partial charge in [0.15, 0.2) is 0 Å². The second-order valence-corrected chi connectivity index (χ2v) is 3.66. The summed E-state index contributed by atoms with van der Waals surface area (Å²) in [5.74, 6) is -2.00. The zero-order chi connectivity index (χ0) is 16.0. The molecule has 0 atom stereocenters. The van der Waals surface area contributed by atoms with Gasteiger partial charge in [0.05, 0.1) is 12.1 Å². The van der Waals surface area contributed by atoms with Crippen molar-refractivity contribution >= 4 is 11.9 Å². The van der Waals surface area contributed by atoms with Crippen LogP contribution in [0.3, 0.4) is 0 Å². The predicted octanol–water partition coefficient (Wildman–Crippen LogP) is 2.64. The van der Waals surface area contributed by atoms with Crippen molar-refractivity contribution < 1.29 is 19.8 Å². The highest BCUT2D eigenvalue weighted by atomic mass is 16.4. The molecular weight excluding hydrogens is 260 g/mol. The molecule has 0 aliphatic carbocycles. The van der Waals surface area contributed by atoms with Gasteiger partial charge < -0.3 is 10.2 Å². The van der Waals surface area contributed by atoms with Gasteiger partial charge in [-0.1, -0.05) is 20.3 Å². The number of nitrogens with zero attached hydrogens (tertiary/aromatic N) is 2. The van der Waals surface area contributed by atoms with Crippen molar-refractivity contribution in [2.24, 2.45) is 0 Å². The first-order valence-corrected chi connectivity index (χ1v) is 6.08. The standard InChI is InChI=1S/C8H11NO2.C6H7NO2/c1-2-3-4-7(5-6-9)8(10)11;1-2-5(3-4-7)6(8)9/h5H,2-4H2,1H3,(H,10,11);3H,2H2,1H3,(H,8,9)/b7-5-;5-3-. The Balaban J connectivity index is 0. The molecule has 0 amide bonds. The molecule has 0 saturated carbocycles. The first-order valence-electron chi connectivity index (χ1n) is 6.08. The van der Waals surface area contributed by atoms with Crippen molar-refractivity contribution in [3.05, 3.63) is 23.3 Å². The Kier molecular flexibility index (Phi) is 12.7. The molecular formula is C14H18N2O4. The molecule has 0 saturated heterocycles. The number of hydrogen-bond donors (Lipinski definition) is 2. The van der Waals surface area contributed by atoms with Gasteiger partial charge in [0.1, 0.15) is 0 Å². The molecule has 0 aromatic carbocycles. The topological polar surface area (TPSA) is 122 Å². The maximum Gasteiger partial charge on any atom is 0.332 e. The SMILES string of the molecule is CC/C(=C/C#N)C(=O)O.CCCC/C(=C/C#N)C(=O)O. The van der Waals surface area contributed by atoms with Crippen molar-refractivity contribution in [1.82, 2.24) is 0 Å². The molecule has 0 fully saturated rings. The van der Waals surface area contributed by atoms with Crippen LogP contribution in [0, 0.1) is 22.7 Å². The first-order chi connectivity index (χ1) is 9.44. The largest absolute Gasteiger partial charge is 0.478 e. The lowest BCUT2D eigenvalue weighted by molar-refractivity contribution is -0.133. The van der Waals surface area contributed by atoms with Gasteiger partial charge in [-0.15, -0.1) is 0 Å². The summed E-state index contributed by atoms with van der Waals surface area (Å²) in [6.07, 6.45) is 4.78. The van der Waals surface area contributed by atoms with Gasteiger partial charge in [-0.3, -0.25) is 0 Å². The molecule has 0 radical (unpaired) electrons. The highest BCUT2D eigenvalue weighted by Gasteiger charge is 2.04. The number of carboxylic acid groups (broad SMARTS) is 2. The summed E-state index contributed by atoms with van der Waals surface area (Å²) in [4.78, 5) is 20.5. The Morgan fingerprint density at radius 3 is 1.70 bits per heavy atom. The van der Waals surface area contributed by atoms with Crippen molar-refractivity contribution in [3.8, 4) is 12.1 Å². The van der Waals surface area contributed by atoms with E-state index in [0.29, 0.717) is 12.8 Å². The summed E-state index contributed by atoms with van der Waals surface area (Å²) >= 11 is 0. The maximum absolute atomic E-state index is 10.4. The van der Waals surface area contributed by atoms with E-state index in [1.807, 2.05) is 6.92 Å². The van der Waals surface area contributed by atoms with E-state index in [2.05, 4.69) is 0 Å². The Hall–Kier alpha value is -2.60. The fourth-order valence-corrected chi connectivity index (χ4v) is 1.08. The van der Waals surface area contributed by atoms with Gasteiger partial charge in [-0.2, -0.15) is 10.5 Å². The predicted molar refractivity (Wildman–Crippen MR) is 72.5 cm³/mol. The molecule has 0 aliphatic heterocycles. The third kappa shape index (κ3) is 10.5. The highest BCUT2D eigenvalue weighted by Crippen LogP contribution is 2.06. The molecule has 6 nitrogen and oxygen atoms in total. The van der Waals surface area contributed by atoms with Crippen molar-refractivity contribution in [3.63, 3.8) is 0 Å². The van der Waals surface area contributed by atoms with Crippen molar-refractivity contribution in [2.45, 2.75) is 39.5 Å². The van der Waals surface area contributed by atoms with E-state index in [0.717, 1.165) is 25.0 Å². The average molecular weight is 278 g/mol. The molecule has 0 heterocycles. The fraction of sp³-hybridized carbons (Fsp3) is 0.429. The Labute approximate surface area is 118 Å². The van der Waals surface area contributed by atoms with Crippen LogP contribution in [0.25, 0.3) is 0 Å². The minimum atomic E-state index is -1.01. The second-order valence-electron chi connectivity index (χ2n) is 3.66. The Morgan fingerprint density at radius 2 is 1.45 bits per heavy atom. The Bertz CT molecular complexity index is 465. The van der Waals surface area contributed by atoms with E-state index in [1.54, 1.807) is 19.1 Å². The van der Waals surface area contributed by atoms with Crippen LogP contribution < -0.4 is 0 Å². The number of carbonyl (C=O) groups is 2. The lowest BCUT2D eigenvalue weighted by Gasteiger charge is -1.96. The first kappa shape index (κ1) is 19.7. The van der Waals surface area contributed by atoms with Crippen molar-refractivity contribution in [2.75, 3.05) is 0 Å². The third-order valence-electron chi connectivity index (χ3n) is 2.21. The maximum atomic E-state index is 10.4. The summed E-state index contributed by atoms with van der Waals surface area (Å²) in [5, 5.41) is 33.0. The zero-order valence-corrected chi connectivity index (χ0v) is 11.6. The van der Waals surface area contributed by atoms with Crippen LogP contribution >= 0.6 is 0 Å². The van der Waals surface area contributed by atoms with Gasteiger partial charge in [-0.05, 0) is 19.3 Å². The van der Waals surface area contributed by atoms with Crippen LogP contribution in [0.15, 0.2) is 23.3 Å². The zero-order valence-electron chi connectivity index (χ0n) is 11.6. The van der Waals surface area contributed by atoms with E-state index in [1.165, 1.54) is 0 Å². The molecule has 0 aromatic rings. The number of carboxylic acids is 2. The summed E-state index contributed by atoms with van der Waals surface area (Å²) in [6, 6.07) is 3.37. The third-order valence-corrected chi connectivity index (χ3v) is 2.21. The normalized spacial score (nSPS) is 10.6. The monoisotopic (exact) mass is 278 g/mol. The number of hydrogen-bond acceptors (Lipinski definition) is 4. The van der Waals surface area contributed by atoms with Gasteiger partial charge in [0, 0.05) is 23.3 Å². The van der Waals surface area contributed by atoms with E-state index in [-0.39, 0.29) is 11.1 Å². The summed E-state index contributed by atoms with van der Waals surface area (Å²) < 4.78 is 0. The summed E-state index contributed by atoms with van der Waals surface area (Å²) in [6.45, 7) is 3.67. The van der Waals surface area contributed by atoms with Crippen molar-refractivity contribution in [1.29, 1.82) is 10.5 Å². The summed E-state index contributed by atoms with van der Waals surface area (Å²) in [7, 11) is 0. The molecule has 0 rings (SSSR count). The highest BCUT2D eigenvalue weighted by molar-refractivity contribution is 5.87. The minimum Gasteiger partial charge on any atom is -0.478 e. The van der Waals surface area contributed by atoms with E-state index >= 15 is 0 Å². The number of nitriles is 2. The van der Waals surface area contributed by atoms with Gasteiger partial charge in [0.2, 0.25) is 0 Å². The molecule has 0 aliphatic rings. The molecule has 2 N–H and O–H groups in total. The number of rotatable bonds is 6. The van der Waals surface area contributed by atoms with Crippen LogP contribution in [-0.4, -0.2) is 22.2 Å². The van der Waals surface area contributed by atoms with Crippen LogP contribution in [-0.2, 0) is 9.59 Å². The van der Waals surface area contributed by atoms with E-state index in [4.69, 9.17) is 20.7 Å². The second kappa shape index (κ2) is 12.8. The molecule has 0 aromatic heterocycles. The van der Waals surface area contributed by atoms with E-state index in [9.17, 15) is 9.59 Å². The molecule has 0 unspecified atom stereocenters. The minimum absolute atomic E-state index is 0.150. The fourth-order valence-electron chi connectivity index (χ4n) is 1.08. The lowest BCUT2D eigenvalue weighted by atomic mass is 10.1. The molecule has 20 heavy (non-hydrogen) atoms. The molecule has 0 bridgehead atoms. The quantitative estimate of drug-likeness (QED) is 0.568. The van der Waals surface area contributed by atoms with Crippen LogP contribution in [0.2, 0.25) is 0 Å². The van der Waals surface area contributed by atoms with Gasteiger partial charge in [0.25, 0.3) is 0 Å². The smallest absolute Gasteiger partial charge is 0.332 e.